The van der Waals surface area contributed by atoms with Gasteiger partial charge >= 0.3 is 0 Å². The molecule has 0 amide bonds. The fraction of sp³-hybridized carbons (Fsp3) is 0.960. The van der Waals surface area contributed by atoms with Crippen molar-refractivity contribution in [1.82, 2.24) is 0 Å². The number of hydrogen-bond donors (Lipinski definition) is 6. The Hall–Kier alpha value is -0.800. The first-order valence-corrected chi connectivity index (χ1v) is 25.2. The van der Waals surface area contributed by atoms with E-state index in [2.05, 4.69) is 25.7 Å². The van der Waals surface area contributed by atoms with E-state index in [1.807, 2.05) is 0 Å². The van der Waals surface area contributed by atoms with E-state index >= 15 is 0 Å². The van der Waals surface area contributed by atoms with Gasteiger partial charge in [-0.2, -0.15) is 0 Å². The highest BCUT2D eigenvalue weighted by atomic mass is 16.7. The minimum absolute atomic E-state index is 0.197. The predicted octanol–water partition coefficient (Wildman–Crippen LogP) is 10.6. The van der Waals surface area contributed by atoms with Gasteiger partial charge in [0.25, 0.3) is 0 Å². The lowest BCUT2D eigenvalue weighted by Crippen LogP contribution is -2.59. The van der Waals surface area contributed by atoms with Crippen LogP contribution in [-0.2, 0) is 14.2 Å². The summed E-state index contributed by atoms with van der Waals surface area (Å²) in [4.78, 5) is 0. The molecule has 1 rings (SSSR count). The first-order chi connectivity index (χ1) is 28.9. The zero-order chi connectivity index (χ0) is 43.0. The summed E-state index contributed by atoms with van der Waals surface area (Å²) in [6, 6.07) is 0. The van der Waals surface area contributed by atoms with Crippen LogP contribution >= 0.6 is 0 Å². The van der Waals surface area contributed by atoms with Gasteiger partial charge in [-0.15, -0.1) is 11.8 Å². The van der Waals surface area contributed by atoms with Gasteiger partial charge in [0.1, 0.15) is 36.6 Å². The zero-order valence-electron chi connectivity index (χ0n) is 38.4. The molecule has 0 radical (unpaired) electrons. The van der Waals surface area contributed by atoms with Gasteiger partial charge in [-0.25, -0.2) is 0 Å². The Morgan fingerprint density at radius 1 is 0.492 bits per heavy atom. The van der Waals surface area contributed by atoms with E-state index in [1.165, 1.54) is 161 Å². The maximum Gasteiger partial charge on any atom is 0.186 e. The van der Waals surface area contributed by atoms with Crippen molar-refractivity contribution < 1.29 is 44.8 Å². The summed E-state index contributed by atoms with van der Waals surface area (Å²) >= 11 is 0. The van der Waals surface area contributed by atoms with Gasteiger partial charge in [0.15, 0.2) is 6.29 Å². The van der Waals surface area contributed by atoms with Crippen LogP contribution in [0.1, 0.15) is 239 Å². The molecule has 0 spiro atoms. The molecule has 0 unspecified atom stereocenters. The van der Waals surface area contributed by atoms with Crippen molar-refractivity contribution in [3.63, 3.8) is 0 Å². The van der Waals surface area contributed by atoms with E-state index in [0.29, 0.717) is 13.0 Å². The largest absolute Gasteiger partial charge is 0.394 e. The second-order valence-corrected chi connectivity index (χ2v) is 17.7. The van der Waals surface area contributed by atoms with Gasteiger partial charge in [-0.3, -0.25) is 0 Å². The topological polar surface area (TPSA) is 149 Å². The standard InChI is InChI=1S/C50H96O9/c1-3-5-7-9-11-13-15-17-18-19-20-21-22-23-24-25-26-27-28-30-32-34-36-38-40-57-45(42-58-50-49(56)48(55)47(54)44(41-51)59-50)46(53)43(52)39-37-35-33-31-29-16-14-12-10-8-6-4-2/h43-56H,3-13,15,17-42H2,1-2H3/t43-,44-,45+,46-,47+,48+,49-,50+/m1/s1. The van der Waals surface area contributed by atoms with Crippen LogP contribution in [-0.4, -0.2) is 99.5 Å². The second-order valence-electron chi connectivity index (χ2n) is 17.7. The van der Waals surface area contributed by atoms with E-state index in [-0.39, 0.29) is 6.61 Å². The molecule has 0 saturated carbocycles. The molecule has 1 heterocycles. The van der Waals surface area contributed by atoms with Crippen molar-refractivity contribution in [1.29, 1.82) is 0 Å². The van der Waals surface area contributed by atoms with Gasteiger partial charge in [-0.05, 0) is 25.7 Å². The van der Waals surface area contributed by atoms with Crippen molar-refractivity contribution in [3.8, 4) is 11.8 Å². The third kappa shape index (κ3) is 30.8. The molecule has 1 aliphatic heterocycles. The first-order valence-electron chi connectivity index (χ1n) is 25.2. The fourth-order valence-electron chi connectivity index (χ4n) is 8.10. The summed E-state index contributed by atoms with van der Waals surface area (Å²) in [7, 11) is 0. The lowest BCUT2D eigenvalue weighted by atomic mass is 9.99. The minimum atomic E-state index is -1.56. The van der Waals surface area contributed by atoms with Gasteiger partial charge in [-0.1, -0.05) is 200 Å². The quantitative estimate of drug-likeness (QED) is 0.0261. The molecule has 0 aromatic carbocycles. The smallest absolute Gasteiger partial charge is 0.186 e. The number of aliphatic hydroxyl groups is 6. The van der Waals surface area contributed by atoms with Crippen molar-refractivity contribution in [2.45, 2.75) is 288 Å². The lowest BCUT2D eigenvalue weighted by molar-refractivity contribution is -0.307. The van der Waals surface area contributed by atoms with Gasteiger partial charge in [0.05, 0.1) is 19.3 Å². The Balaban J connectivity index is 2.22. The Morgan fingerprint density at radius 3 is 1.32 bits per heavy atom. The van der Waals surface area contributed by atoms with Gasteiger partial charge < -0.3 is 44.8 Å². The molecule has 1 aliphatic rings. The highest BCUT2D eigenvalue weighted by Crippen LogP contribution is 2.24. The van der Waals surface area contributed by atoms with Crippen LogP contribution in [0.4, 0.5) is 0 Å². The third-order valence-electron chi connectivity index (χ3n) is 12.2. The van der Waals surface area contributed by atoms with Crippen LogP contribution in [0.2, 0.25) is 0 Å². The molecule has 9 nitrogen and oxygen atoms in total. The zero-order valence-corrected chi connectivity index (χ0v) is 38.4. The number of unbranched alkanes of at least 4 members (excludes halogenated alkanes) is 31. The van der Waals surface area contributed by atoms with E-state index < -0.39 is 55.6 Å². The molecule has 0 aromatic heterocycles. The van der Waals surface area contributed by atoms with Crippen LogP contribution in [0.15, 0.2) is 0 Å². The first kappa shape index (κ1) is 56.2. The number of rotatable bonds is 42. The molecule has 0 aromatic rings. The number of ether oxygens (including phenoxy) is 3. The summed E-state index contributed by atoms with van der Waals surface area (Å²) in [6.07, 6.45) is 32.9. The SMILES string of the molecule is CCCCCCC#CCCCCCC[C@@H](O)[C@@H](O)[C@H](CO[C@H]1O[C@H](CO)[C@H](O)[C@H](O)[C@H]1O)OCCCCCCCCCCCCCCCCCCCCCCCCCC. The highest BCUT2D eigenvalue weighted by molar-refractivity contribution is 4.98. The van der Waals surface area contributed by atoms with Crippen LogP contribution in [0.3, 0.4) is 0 Å². The molecule has 0 aliphatic carbocycles. The molecule has 9 heteroatoms. The maximum absolute atomic E-state index is 11.1. The average Bonchev–Trinajstić information content (AvgIpc) is 3.24. The molecule has 8 atom stereocenters. The summed E-state index contributed by atoms with van der Waals surface area (Å²) < 4.78 is 17.3. The molecule has 1 fully saturated rings. The monoisotopic (exact) mass is 841 g/mol. The Kier molecular flexibility index (Phi) is 39.3. The van der Waals surface area contributed by atoms with Crippen LogP contribution in [0, 0.1) is 11.8 Å². The predicted molar refractivity (Wildman–Crippen MR) is 242 cm³/mol. The van der Waals surface area contributed by atoms with Gasteiger partial charge in [0.2, 0.25) is 0 Å². The Labute approximate surface area is 363 Å². The normalized spacial score (nSPS) is 21.0. The maximum atomic E-state index is 11.1. The van der Waals surface area contributed by atoms with E-state index in [0.717, 1.165) is 57.8 Å². The molecular formula is C50H96O9. The second kappa shape index (κ2) is 41.2. The Morgan fingerprint density at radius 2 is 0.881 bits per heavy atom. The summed E-state index contributed by atoms with van der Waals surface area (Å²) in [5.74, 6) is 6.55. The van der Waals surface area contributed by atoms with E-state index in [9.17, 15) is 30.6 Å². The van der Waals surface area contributed by atoms with Gasteiger partial charge in [0, 0.05) is 19.4 Å². The third-order valence-corrected chi connectivity index (χ3v) is 12.2. The summed E-state index contributed by atoms with van der Waals surface area (Å²) in [5, 5.41) is 62.3. The summed E-state index contributed by atoms with van der Waals surface area (Å²) in [5.41, 5.74) is 0. The molecule has 1 saturated heterocycles. The molecule has 6 N–H and O–H groups in total. The Bertz CT molecular complexity index is 939. The highest BCUT2D eigenvalue weighted by Gasteiger charge is 2.44. The molecular weight excluding hydrogens is 745 g/mol. The fourth-order valence-corrected chi connectivity index (χ4v) is 8.10. The minimum Gasteiger partial charge on any atom is -0.394 e. The van der Waals surface area contributed by atoms with Crippen molar-refractivity contribution in [2.24, 2.45) is 0 Å². The van der Waals surface area contributed by atoms with Crippen LogP contribution in [0.5, 0.6) is 0 Å². The number of aliphatic hydroxyl groups excluding tert-OH is 6. The molecule has 350 valence electrons. The number of hydrogen-bond acceptors (Lipinski definition) is 9. The summed E-state index contributed by atoms with van der Waals surface area (Å²) in [6.45, 7) is 4.14. The van der Waals surface area contributed by atoms with Crippen molar-refractivity contribution in [3.05, 3.63) is 0 Å². The average molecular weight is 841 g/mol. The molecule has 59 heavy (non-hydrogen) atoms. The molecule has 0 bridgehead atoms. The lowest BCUT2D eigenvalue weighted by Gasteiger charge is -2.40. The van der Waals surface area contributed by atoms with Crippen molar-refractivity contribution >= 4 is 0 Å². The van der Waals surface area contributed by atoms with Crippen LogP contribution in [0.25, 0.3) is 0 Å². The van der Waals surface area contributed by atoms with Crippen molar-refractivity contribution in [2.75, 3.05) is 19.8 Å². The van der Waals surface area contributed by atoms with E-state index in [4.69, 9.17) is 14.2 Å². The van der Waals surface area contributed by atoms with E-state index in [1.54, 1.807) is 0 Å². The van der Waals surface area contributed by atoms with Crippen LogP contribution < -0.4 is 0 Å².